The third-order valence-corrected chi connectivity index (χ3v) is 7.92. The van der Waals surface area contributed by atoms with Crippen molar-refractivity contribution in [2.75, 3.05) is 25.4 Å². The third-order valence-electron chi connectivity index (χ3n) is 6.09. The summed E-state index contributed by atoms with van der Waals surface area (Å²) < 4.78 is 33.2. The molecule has 0 fully saturated rings. The van der Waals surface area contributed by atoms with Gasteiger partial charge in [-0.05, 0) is 43.2 Å². The molecule has 0 bridgehead atoms. The average molecular weight is 446 g/mol. The summed E-state index contributed by atoms with van der Waals surface area (Å²) in [5, 5.41) is 3.15. The lowest BCUT2D eigenvalue weighted by Crippen LogP contribution is -2.44. The van der Waals surface area contributed by atoms with Crippen molar-refractivity contribution in [3.8, 4) is 5.75 Å². The first kappa shape index (κ1) is 23.1. The minimum Gasteiger partial charge on any atom is -0.487 e. The van der Waals surface area contributed by atoms with Crippen LogP contribution in [0.15, 0.2) is 48.5 Å². The van der Waals surface area contributed by atoms with E-state index in [1.165, 1.54) is 25.4 Å². The van der Waals surface area contributed by atoms with Crippen LogP contribution in [0.4, 0.5) is 5.69 Å². The molecule has 168 valence electrons. The Labute approximate surface area is 185 Å². The van der Waals surface area contributed by atoms with E-state index in [9.17, 15) is 13.2 Å². The van der Waals surface area contributed by atoms with Crippen LogP contribution in [0.25, 0.3) is 0 Å². The molecule has 8 heteroatoms. The normalized spacial score (nSPS) is 17.5. The molecule has 31 heavy (non-hydrogen) atoms. The van der Waals surface area contributed by atoms with Crippen molar-refractivity contribution >= 4 is 21.8 Å². The van der Waals surface area contributed by atoms with Gasteiger partial charge >= 0.3 is 10.2 Å². The number of para-hydroxylation sites is 1. The fraction of sp³-hybridized carbons (Fsp3) is 0.435. The van der Waals surface area contributed by atoms with Crippen LogP contribution in [-0.4, -0.2) is 45.4 Å². The number of hydrogen-bond acceptors (Lipinski definition) is 4. The Kier molecular flexibility index (Phi) is 6.62. The predicted molar refractivity (Wildman–Crippen MR) is 123 cm³/mol. The Balaban J connectivity index is 1.81. The van der Waals surface area contributed by atoms with E-state index in [0.29, 0.717) is 17.7 Å². The molecule has 0 aliphatic carbocycles. The fourth-order valence-corrected chi connectivity index (χ4v) is 4.75. The Morgan fingerprint density at radius 3 is 2.26 bits per heavy atom. The SMILES string of the molecule is CCC1(CC)C[C@H](NC(=O)c2ccc(N(C)S(=O)(=O)N(C)C)cc2)c2ccccc2O1. The van der Waals surface area contributed by atoms with E-state index in [1.807, 2.05) is 24.3 Å². The number of amides is 1. The lowest BCUT2D eigenvalue weighted by Gasteiger charge is -2.41. The maximum absolute atomic E-state index is 13.0. The van der Waals surface area contributed by atoms with Crippen molar-refractivity contribution < 1.29 is 17.9 Å². The van der Waals surface area contributed by atoms with E-state index in [0.717, 1.165) is 28.5 Å². The lowest BCUT2D eigenvalue weighted by molar-refractivity contribution is 0.0227. The third kappa shape index (κ3) is 4.55. The first-order chi connectivity index (χ1) is 14.6. The lowest BCUT2D eigenvalue weighted by atomic mass is 9.83. The monoisotopic (exact) mass is 445 g/mol. The second-order valence-electron chi connectivity index (χ2n) is 8.06. The molecule has 0 saturated carbocycles. The number of benzene rings is 2. The van der Waals surface area contributed by atoms with E-state index in [4.69, 9.17) is 4.74 Å². The van der Waals surface area contributed by atoms with Gasteiger partial charge in [0.15, 0.2) is 0 Å². The molecule has 1 atom stereocenters. The molecule has 0 unspecified atom stereocenters. The van der Waals surface area contributed by atoms with Gasteiger partial charge < -0.3 is 10.1 Å². The topological polar surface area (TPSA) is 79.0 Å². The zero-order chi connectivity index (χ0) is 22.8. The van der Waals surface area contributed by atoms with Crippen LogP contribution < -0.4 is 14.4 Å². The maximum atomic E-state index is 13.0. The van der Waals surface area contributed by atoms with Gasteiger partial charge in [-0.1, -0.05) is 32.0 Å². The molecule has 0 spiro atoms. The molecule has 1 N–H and O–H groups in total. The van der Waals surface area contributed by atoms with Crippen LogP contribution in [0.2, 0.25) is 0 Å². The van der Waals surface area contributed by atoms with Gasteiger partial charge in [-0.3, -0.25) is 9.10 Å². The summed E-state index contributed by atoms with van der Waals surface area (Å²) in [5.74, 6) is 0.612. The van der Waals surface area contributed by atoms with E-state index < -0.39 is 10.2 Å². The summed E-state index contributed by atoms with van der Waals surface area (Å²) in [6.45, 7) is 4.21. The predicted octanol–water partition coefficient (Wildman–Crippen LogP) is 3.74. The van der Waals surface area contributed by atoms with Crippen molar-refractivity contribution in [1.29, 1.82) is 0 Å². The van der Waals surface area contributed by atoms with Crippen molar-refractivity contribution in [2.45, 2.75) is 44.8 Å². The van der Waals surface area contributed by atoms with E-state index >= 15 is 0 Å². The summed E-state index contributed by atoms with van der Waals surface area (Å²) in [7, 11) is 0.855. The molecular weight excluding hydrogens is 414 g/mol. The molecule has 0 saturated heterocycles. The summed E-state index contributed by atoms with van der Waals surface area (Å²) in [4.78, 5) is 13.0. The van der Waals surface area contributed by atoms with E-state index in [-0.39, 0.29) is 17.6 Å². The quantitative estimate of drug-likeness (QED) is 0.704. The fourth-order valence-electron chi connectivity index (χ4n) is 3.87. The molecule has 0 aromatic heterocycles. The van der Waals surface area contributed by atoms with Crippen molar-refractivity contribution in [3.05, 3.63) is 59.7 Å². The maximum Gasteiger partial charge on any atom is 0.303 e. The van der Waals surface area contributed by atoms with Crippen LogP contribution >= 0.6 is 0 Å². The number of nitrogens with zero attached hydrogens (tertiary/aromatic N) is 2. The Bertz CT molecular complexity index is 1030. The number of carbonyl (C=O) groups excluding carboxylic acids is 1. The van der Waals surface area contributed by atoms with Crippen LogP contribution in [-0.2, 0) is 10.2 Å². The van der Waals surface area contributed by atoms with Crippen LogP contribution in [0.3, 0.4) is 0 Å². The van der Waals surface area contributed by atoms with Gasteiger partial charge in [-0.2, -0.15) is 12.7 Å². The van der Waals surface area contributed by atoms with Gasteiger partial charge in [0.25, 0.3) is 5.91 Å². The number of fused-ring (bicyclic) bond motifs is 1. The molecule has 0 radical (unpaired) electrons. The molecule has 2 aromatic carbocycles. The van der Waals surface area contributed by atoms with Crippen molar-refractivity contribution in [1.82, 2.24) is 9.62 Å². The summed E-state index contributed by atoms with van der Waals surface area (Å²) >= 11 is 0. The molecule has 1 heterocycles. The van der Waals surface area contributed by atoms with Gasteiger partial charge in [-0.25, -0.2) is 0 Å². The molecule has 2 aromatic rings. The highest BCUT2D eigenvalue weighted by atomic mass is 32.2. The molecule has 7 nitrogen and oxygen atoms in total. The van der Waals surface area contributed by atoms with Gasteiger partial charge in [-0.15, -0.1) is 0 Å². The second-order valence-corrected chi connectivity index (χ2v) is 10.2. The number of ether oxygens (including phenoxy) is 1. The zero-order valence-corrected chi connectivity index (χ0v) is 19.6. The van der Waals surface area contributed by atoms with Crippen molar-refractivity contribution in [3.63, 3.8) is 0 Å². The van der Waals surface area contributed by atoms with Crippen LogP contribution in [0.5, 0.6) is 5.75 Å². The van der Waals surface area contributed by atoms with Gasteiger partial charge in [0.1, 0.15) is 11.4 Å². The molecule has 3 rings (SSSR count). The summed E-state index contributed by atoms with van der Waals surface area (Å²) in [6, 6.07) is 14.2. The zero-order valence-electron chi connectivity index (χ0n) is 18.8. The Morgan fingerprint density at radius 2 is 1.68 bits per heavy atom. The smallest absolute Gasteiger partial charge is 0.303 e. The van der Waals surface area contributed by atoms with Crippen LogP contribution in [0.1, 0.15) is 55.1 Å². The standard InChI is InChI=1S/C23H31N3O4S/c1-6-23(7-2)16-20(19-10-8-9-11-21(19)30-23)24-22(27)17-12-14-18(15-13-17)26(5)31(28,29)25(3)4/h8-15,20H,6-7,16H2,1-5H3,(H,24,27)/t20-/m0/s1. The van der Waals surface area contributed by atoms with Gasteiger partial charge in [0, 0.05) is 38.7 Å². The summed E-state index contributed by atoms with van der Waals surface area (Å²) in [5.41, 5.74) is 1.63. The van der Waals surface area contributed by atoms with E-state index in [1.54, 1.807) is 24.3 Å². The highest BCUT2D eigenvalue weighted by molar-refractivity contribution is 7.90. The van der Waals surface area contributed by atoms with E-state index in [2.05, 4.69) is 19.2 Å². The highest BCUT2D eigenvalue weighted by Crippen LogP contribution is 2.42. The first-order valence-corrected chi connectivity index (χ1v) is 11.9. The van der Waals surface area contributed by atoms with Crippen LogP contribution in [0, 0.1) is 0 Å². The molecule has 1 aliphatic heterocycles. The average Bonchev–Trinajstić information content (AvgIpc) is 2.78. The largest absolute Gasteiger partial charge is 0.487 e. The number of anilines is 1. The summed E-state index contributed by atoms with van der Waals surface area (Å²) in [6.07, 6.45) is 2.40. The second kappa shape index (κ2) is 8.88. The minimum atomic E-state index is -3.59. The number of carbonyl (C=O) groups is 1. The number of hydrogen-bond donors (Lipinski definition) is 1. The first-order valence-electron chi connectivity index (χ1n) is 10.5. The van der Waals surface area contributed by atoms with Crippen molar-refractivity contribution in [2.24, 2.45) is 0 Å². The Morgan fingerprint density at radius 1 is 1.06 bits per heavy atom. The number of nitrogens with one attached hydrogen (secondary N) is 1. The number of rotatable bonds is 7. The molecule has 1 aliphatic rings. The minimum absolute atomic E-state index is 0.159. The molecular formula is C23H31N3O4S. The molecule has 1 amide bonds. The Hall–Kier alpha value is -2.58. The van der Waals surface area contributed by atoms with Gasteiger partial charge in [0.2, 0.25) is 0 Å². The highest BCUT2D eigenvalue weighted by Gasteiger charge is 2.39. The van der Waals surface area contributed by atoms with Gasteiger partial charge in [0.05, 0.1) is 11.7 Å².